The predicted octanol–water partition coefficient (Wildman–Crippen LogP) is 0.153. The van der Waals surface area contributed by atoms with Crippen LogP contribution < -0.4 is 5.32 Å². The van der Waals surface area contributed by atoms with Crippen molar-refractivity contribution in [1.82, 2.24) is 15.1 Å². The molecular weight excluding hydrogens is 294 g/mol. The molecule has 0 radical (unpaired) electrons. The lowest BCUT2D eigenvalue weighted by Gasteiger charge is -2.40. The number of methoxy groups -OCH3 is 1. The van der Waals surface area contributed by atoms with Gasteiger partial charge >= 0.3 is 12.0 Å². The van der Waals surface area contributed by atoms with E-state index in [1.54, 1.807) is 4.90 Å². The highest BCUT2D eigenvalue weighted by molar-refractivity contribution is 7.99. The zero-order valence-electron chi connectivity index (χ0n) is 12.9. The normalized spacial score (nSPS) is 18.6. The standard InChI is InChI=1S/C13H23N3O4S/c1-9(2)14-13(19)15-5-6-16(11(17)8-21-4)10(7-15)12(18)20-3/h9-10H,5-8H2,1-4H3,(H,14,19)/t10-/m1/s1. The van der Waals surface area contributed by atoms with Crippen LogP contribution in [0.2, 0.25) is 0 Å². The minimum Gasteiger partial charge on any atom is -0.467 e. The van der Waals surface area contributed by atoms with Gasteiger partial charge in [-0.1, -0.05) is 0 Å². The number of urea groups is 1. The molecule has 1 heterocycles. The summed E-state index contributed by atoms with van der Waals surface area (Å²) in [5.41, 5.74) is 0. The molecule has 3 amide bonds. The van der Waals surface area contributed by atoms with Crippen molar-refractivity contribution in [3.8, 4) is 0 Å². The van der Waals surface area contributed by atoms with Crippen molar-refractivity contribution in [3.05, 3.63) is 0 Å². The van der Waals surface area contributed by atoms with Crippen LogP contribution in [0.15, 0.2) is 0 Å². The number of piperazine rings is 1. The molecule has 0 aromatic carbocycles. The molecule has 0 saturated carbocycles. The van der Waals surface area contributed by atoms with Crippen molar-refractivity contribution in [1.29, 1.82) is 0 Å². The lowest BCUT2D eigenvalue weighted by molar-refractivity contribution is -0.154. The fourth-order valence-corrected chi connectivity index (χ4v) is 2.56. The number of hydrogen-bond acceptors (Lipinski definition) is 5. The molecule has 1 saturated heterocycles. The SMILES string of the molecule is COC(=O)[C@H]1CN(C(=O)NC(C)C)CCN1C(=O)CSC. The minimum absolute atomic E-state index is 0.0187. The van der Waals surface area contributed by atoms with E-state index in [4.69, 9.17) is 4.74 Å². The van der Waals surface area contributed by atoms with Gasteiger partial charge in [0.05, 0.1) is 19.4 Å². The first kappa shape index (κ1) is 17.6. The van der Waals surface area contributed by atoms with Crippen LogP contribution in [0.3, 0.4) is 0 Å². The number of hydrogen-bond donors (Lipinski definition) is 1. The van der Waals surface area contributed by atoms with Crippen LogP contribution in [0.25, 0.3) is 0 Å². The largest absolute Gasteiger partial charge is 0.467 e. The summed E-state index contributed by atoms with van der Waals surface area (Å²) in [5, 5.41) is 2.79. The van der Waals surface area contributed by atoms with Crippen molar-refractivity contribution in [2.24, 2.45) is 0 Å². The summed E-state index contributed by atoms with van der Waals surface area (Å²) < 4.78 is 4.76. The van der Waals surface area contributed by atoms with Crippen LogP contribution in [0.5, 0.6) is 0 Å². The maximum absolute atomic E-state index is 12.1. The van der Waals surface area contributed by atoms with Gasteiger partial charge in [0.15, 0.2) is 0 Å². The summed E-state index contributed by atoms with van der Waals surface area (Å²) in [7, 11) is 1.28. The average molecular weight is 317 g/mol. The molecule has 0 aliphatic carbocycles. The zero-order chi connectivity index (χ0) is 16.0. The number of carbonyl (C=O) groups is 3. The summed E-state index contributed by atoms with van der Waals surface area (Å²) in [6.45, 7) is 4.64. The van der Waals surface area contributed by atoms with E-state index < -0.39 is 12.0 Å². The maximum atomic E-state index is 12.1. The molecule has 0 bridgehead atoms. The van der Waals surface area contributed by atoms with Gasteiger partial charge < -0.3 is 19.9 Å². The molecule has 0 unspecified atom stereocenters. The van der Waals surface area contributed by atoms with E-state index in [0.717, 1.165) is 0 Å². The number of carbonyl (C=O) groups excluding carboxylic acids is 3. The van der Waals surface area contributed by atoms with E-state index in [9.17, 15) is 14.4 Å². The Morgan fingerprint density at radius 1 is 1.33 bits per heavy atom. The van der Waals surface area contributed by atoms with Crippen LogP contribution >= 0.6 is 11.8 Å². The Bertz CT molecular complexity index is 403. The highest BCUT2D eigenvalue weighted by Gasteiger charge is 2.37. The lowest BCUT2D eigenvalue weighted by atomic mass is 10.1. The minimum atomic E-state index is -0.735. The molecule has 1 aliphatic rings. The summed E-state index contributed by atoms with van der Waals surface area (Å²) in [5.74, 6) is -0.292. The molecule has 8 heteroatoms. The van der Waals surface area contributed by atoms with Gasteiger partial charge in [-0.2, -0.15) is 11.8 Å². The quantitative estimate of drug-likeness (QED) is 0.747. The Morgan fingerprint density at radius 3 is 2.52 bits per heavy atom. The van der Waals surface area contributed by atoms with Gasteiger partial charge in [0, 0.05) is 19.1 Å². The van der Waals surface area contributed by atoms with Crippen LogP contribution in [0.4, 0.5) is 4.79 Å². The van der Waals surface area contributed by atoms with Gasteiger partial charge in [0.25, 0.3) is 0 Å². The van der Waals surface area contributed by atoms with Gasteiger partial charge in [-0.3, -0.25) is 4.79 Å². The monoisotopic (exact) mass is 317 g/mol. The molecule has 21 heavy (non-hydrogen) atoms. The zero-order valence-corrected chi connectivity index (χ0v) is 13.7. The first-order valence-electron chi connectivity index (χ1n) is 6.82. The Kier molecular flexibility index (Phi) is 6.80. The van der Waals surface area contributed by atoms with E-state index in [2.05, 4.69) is 5.32 Å². The molecular formula is C13H23N3O4S. The van der Waals surface area contributed by atoms with Crippen LogP contribution in [0, 0.1) is 0 Å². The van der Waals surface area contributed by atoms with Crippen molar-refractivity contribution < 1.29 is 19.1 Å². The molecule has 1 fully saturated rings. The number of rotatable bonds is 4. The van der Waals surface area contributed by atoms with E-state index in [1.807, 2.05) is 20.1 Å². The fraction of sp³-hybridized carbons (Fsp3) is 0.769. The Balaban J connectivity index is 2.78. The first-order valence-corrected chi connectivity index (χ1v) is 8.21. The predicted molar refractivity (Wildman–Crippen MR) is 81.1 cm³/mol. The third kappa shape index (κ3) is 4.80. The van der Waals surface area contributed by atoms with Crippen LogP contribution in [0.1, 0.15) is 13.8 Å². The van der Waals surface area contributed by atoms with Crippen molar-refractivity contribution in [2.45, 2.75) is 25.9 Å². The topological polar surface area (TPSA) is 79.0 Å². The number of nitrogens with one attached hydrogen (secondary N) is 1. The second-order valence-corrected chi connectivity index (χ2v) is 5.98. The highest BCUT2D eigenvalue weighted by atomic mass is 32.2. The van der Waals surface area contributed by atoms with Gasteiger partial charge in [-0.25, -0.2) is 9.59 Å². The average Bonchev–Trinajstić information content (AvgIpc) is 2.45. The summed E-state index contributed by atoms with van der Waals surface area (Å²) in [6.07, 6.45) is 1.83. The van der Waals surface area contributed by atoms with Gasteiger partial charge in [-0.15, -0.1) is 0 Å². The number of thioether (sulfide) groups is 1. The molecule has 1 N–H and O–H groups in total. The first-order chi connectivity index (χ1) is 9.90. The Labute approximate surface area is 129 Å². The summed E-state index contributed by atoms with van der Waals surface area (Å²) >= 11 is 1.40. The Morgan fingerprint density at radius 2 is 2.00 bits per heavy atom. The van der Waals surface area contributed by atoms with Gasteiger partial charge in [0.2, 0.25) is 5.91 Å². The highest BCUT2D eigenvalue weighted by Crippen LogP contribution is 2.13. The lowest BCUT2D eigenvalue weighted by Crippen LogP contribution is -2.61. The third-order valence-corrected chi connectivity index (χ3v) is 3.68. The van der Waals surface area contributed by atoms with Crippen molar-refractivity contribution >= 4 is 29.7 Å². The molecule has 0 spiro atoms. The summed E-state index contributed by atoms with van der Waals surface area (Å²) in [4.78, 5) is 39.0. The number of amides is 3. The molecule has 7 nitrogen and oxygen atoms in total. The molecule has 1 rings (SSSR count). The third-order valence-electron chi connectivity index (χ3n) is 3.14. The number of ether oxygens (including phenoxy) is 1. The molecule has 0 aromatic heterocycles. The molecule has 1 atom stereocenters. The smallest absolute Gasteiger partial charge is 0.330 e. The summed E-state index contributed by atoms with van der Waals surface area (Å²) in [6, 6.07) is -0.942. The second-order valence-electron chi connectivity index (χ2n) is 5.11. The molecule has 120 valence electrons. The van der Waals surface area contributed by atoms with Crippen molar-refractivity contribution in [2.75, 3.05) is 38.8 Å². The number of esters is 1. The van der Waals surface area contributed by atoms with Crippen LogP contribution in [-0.2, 0) is 14.3 Å². The van der Waals surface area contributed by atoms with E-state index in [-0.39, 0.29) is 24.5 Å². The Hall–Kier alpha value is -1.44. The number of nitrogens with zero attached hydrogens (tertiary/aromatic N) is 2. The fourth-order valence-electron chi connectivity index (χ4n) is 2.15. The van der Waals surface area contributed by atoms with E-state index in [1.165, 1.54) is 23.8 Å². The molecule has 1 aliphatic heterocycles. The van der Waals surface area contributed by atoms with Crippen LogP contribution in [-0.4, -0.2) is 78.5 Å². The van der Waals surface area contributed by atoms with E-state index in [0.29, 0.717) is 18.8 Å². The van der Waals surface area contributed by atoms with Crippen molar-refractivity contribution in [3.63, 3.8) is 0 Å². The van der Waals surface area contributed by atoms with Gasteiger partial charge in [0.1, 0.15) is 6.04 Å². The molecule has 0 aromatic rings. The van der Waals surface area contributed by atoms with E-state index >= 15 is 0 Å². The van der Waals surface area contributed by atoms with Gasteiger partial charge in [-0.05, 0) is 20.1 Å². The second kappa shape index (κ2) is 8.11. The maximum Gasteiger partial charge on any atom is 0.330 e.